The molecule has 2 fully saturated rings. The van der Waals surface area contributed by atoms with Crippen LogP contribution in [0.25, 0.3) is 10.8 Å². The minimum Gasteiger partial charge on any atom is -0.490 e. The molecule has 2 aliphatic carbocycles. The molecule has 1 unspecified atom stereocenters. The molecule has 196 valence electrons. The Bertz CT molecular complexity index is 1120. The molecule has 0 heterocycles. The summed E-state index contributed by atoms with van der Waals surface area (Å²) >= 11 is 0. The summed E-state index contributed by atoms with van der Waals surface area (Å²) in [6.07, 6.45) is 3.86. The van der Waals surface area contributed by atoms with Crippen molar-refractivity contribution in [3.63, 3.8) is 0 Å². The molecule has 1 atom stereocenters. The Labute approximate surface area is 212 Å². The summed E-state index contributed by atoms with van der Waals surface area (Å²) in [7, 11) is 1.41. The molecule has 0 amide bonds. The summed E-state index contributed by atoms with van der Waals surface area (Å²) in [5, 5.41) is 0.729. The molecule has 4 rings (SSSR count). The van der Waals surface area contributed by atoms with Crippen molar-refractivity contribution in [2.24, 2.45) is 17.3 Å². The Morgan fingerprint density at radius 3 is 2.39 bits per heavy atom. The van der Waals surface area contributed by atoms with Gasteiger partial charge in [-0.1, -0.05) is 56.7 Å². The molecule has 0 spiro atoms. The summed E-state index contributed by atoms with van der Waals surface area (Å²) < 4.78 is 53.5. The van der Waals surface area contributed by atoms with E-state index in [4.69, 9.17) is 9.47 Å². The number of fused-ring (bicyclic) bond motifs is 1. The molecule has 36 heavy (non-hydrogen) atoms. The first-order chi connectivity index (χ1) is 17.0. The number of allylic oxidation sites excluding steroid dienone is 2. The van der Waals surface area contributed by atoms with Gasteiger partial charge in [0.05, 0.1) is 19.1 Å². The van der Waals surface area contributed by atoms with Crippen molar-refractivity contribution in [1.29, 1.82) is 0 Å². The molecule has 6 heteroatoms. The summed E-state index contributed by atoms with van der Waals surface area (Å²) in [5.41, 5.74) is 1.67. The van der Waals surface area contributed by atoms with Crippen LogP contribution in [0.1, 0.15) is 76.8 Å². The van der Waals surface area contributed by atoms with Gasteiger partial charge in [0.25, 0.3) is 0 Å². The second-order valence-electron chi connectivity index (χ2n) is 11.5. The van der Waals surface area contributed by atoms with Gasteiger partial charge in [-0.25, -0.2) is 0 Å². The number of hydrogen-bond acceptors (Lipinski definition) is 3. The van der Waals surface area contributed by atoms with Crippen molar-refractivity contribution in [3.8, 4) is 5.75 Å². The van der Waals surface area contributed by atoms with Gasteiger partial charge < -0.3 is 9.47 Å². The number of hydrogen-bond donors (Lipinski definition) is 0. The number of esters is 1. The molecule has 2 saturated carbocycles. The molecule has 0 aromatic heterocycles. The number of carbonyl (C=O) groups excluding carboxylic acids is 1. The first kappa shape index (κ1) is 26.6. The van der Waals surface area contributed by atoms with Gasteiger partial charge in [-0.15, -0.1) is 0 Å². The standard InChI is InChI=1S/C30H37F3O3/c1-29(2,3)23-11-13-24(14-12-23)36-26-16-10-21-17-20(8-15-25(21)27(26)30(31,32)33)6-5-19-7-9-22(18-19)28(34)35-4/h5,8,10,15-17,22-24H,6-7,9,11-14,18H2,1-4H3/b19-5+. The third kappa shape index (κ3) is 6.07. The van der Waals surface area contributed by atoms with Gasteiger partial charge in [0, 0.05) is 0 Å². The summed E-state index contributed by atoms with van der Waals surface area (Å²) in [4.78, 5) is 11.7. The van der Waals surface area contributed by atoms with E-state index in [1.54, 1.807) is 18.2 Å². The normalized spacial score (nSPS) is 24.3. The van der Waals surface area contributed by atoms with Gasteiger partial charge in [0.1, 0.15) is 11.3 Å². The second kappa shape index (κ2) is 10.5. The highest BCUT2D eigenvalue weighted by atomic mass is 19.4. The minimum atomic E-state index is -4.51. The maximum absolute atomic E-state index is 14.2. The van der Waals surface area contributed by atoms with Crippen molar-refractivity contribution < 1.29 is 27.4 Å². The third-order valence-electron chi connectivity index (χ3n) is 8.01. The average Bonchev–Trinajstić information content (AvgIpc) is 3.30. The van der Waals surface area contributed by atoms with Crippen LogP contribution in [-0.4, -0.2) is 19.2 Å². The molecule has 0 saturated heterocycles. The van der Waals surface area contributed by atoms with Crippen LogP contribution in [0.15, 0.2) is 42.0 Å². The zero-order valence-electron chi connectivity index (χ0n) is 21.7. The lowest BCUT2D eigenvalue weighted by Gasteiger charge is -2.37. The first-order valence-electron chi connectivity index (χ1n) is 13.0. The first-order valence-corrected chi connectivity index (χ1v) is 13.0. The minimum absolute atomic E-state index is 0.0658. The maximum atomic E-state index is 14.2. The predicted octanol–water partition coefficient (Wildman–Crippen LogP) is 8.28. The smallest absolute Gasteiger partial charge is 0.420 e. The zero-order valence-corrected chi connectivity index (χ0v) is 21.7. The number of ether oxygens (including phenoxy) is 2. The van der Waals surface area contributed by atoms with Gasteiger partial charge in [0.2, 0.25) is 0 Å². The van der Waals surface area contributed by atoms with E-state index >= 15 is 0 Å². The highest BCUT2D eigenvalue weighted by Gasteiger charge is 2.38. The highest BCUT2D eigenvalue weighted by Crippen LogP contribution is 2.44. The van der Waals surface area contributed by atoms with Crippen LogP contribution in [-0.2, 0) is 22.1 Å². The van der Waals surface area contributed by atoms with Crippen LogP contribution in [0.5, 0.6) is 5.75 Å². The lowest BCUT2D eigenvalue weighted by molar-refractivity contribution is -0.145. The maximum Gasteiger partial charge on any atom is 0.420 e. The highest BCUT2D eigenvalue weighted by molar-refractivity contribution is 5.89. The molecule has 2 aromatic carbocycles. The fraction of sp³-hybridized carbons (Fsp3) is 0.567. The monoisotopic (exact) mass is 502 g/mol. The van der Waals surface area contributed by atoms with Crippen molar-refractivity contribution in [2.75, 3.05) is 7.11 Å². The number of benzene rings is 2. The van der Waals surface area contributed by atoms with Gasteiger partial charge in [-0.3, -0.25) is 4.79 Å². The predicted molar refractivity (Wildman–Crippen MR) is 136 cm³/mol. The molecule has 0 N–H and O–H groups in total. The van der Waals surface area contributed by atoms with Crippen LogP contribution in [0.4, 0.5) is 13.2 Å². The average molecular weight is 503 g/mol. The SMILES string of the molecule is COC(=O)C1CC/C(=C\Cc2ccc3c(C(F)(F)F)c(OC4CCC(C(C)(C)C)CC4)ccc3c2)C1. The lowest BCUT2D eigenvalue weighted by atomic mass is 9.72. The van der Waals surface area contributed by atoms with Crippen LogP contribution in [0, 0.1) is 17.3 Å². The lowest BCUT2D eigenvalue weighted by Crippen LogP contribution is -2.31. The number of rotatable bonds is 5. The Kier molecular flexibility index (Phi) is 7.72. The number of carbonyl (C=O) groups is 1. The largest absolute Gasteiger partial charge is 0.490 e. The molecule has 3 nitrogen and oxygen atoms in total. The molecular formula is C30H37F3O3. The van der Waals surface area contributed by atoms with Gasteiger partial charge in [0.15, 0.2) is 0 Å². The van der Waals surface area contributed by atoms with Crippen LogP contribution in [0.2, 0.25) is 0 Å². The van der Waals surface area contributed by atoms with Crippen molar-refractivity contribution in [2.45, 2.75) is 84.4 Å². The van der Waals surface area contributed by atoms with E-state index in [-0.39, 0.29) is 34.5 Å². The molecule has 0 bridgehead atoms. The zero-order chi connectivity index (χ0) is 26.1. The Hall–Kier alpha value is -2.50. The van der Waals surface area contributed by atoms with Gasteiger partial charge >= 0.3 is 12.1 Å². The Balaban J connectivity index is 1.51. The molecule has 2 aliphatic rings. The summed E-state index contributed by atoms with van der Waals surface area (Å²) in [5.74, 6) is 0.238. The fourth-order valence-electron chi connectivity index (χ4n) is 5.80. The van der Waals surface area contributed by atoms with E-state index in [1.165, 1.54) is 18.7 Å². The molecular weight excluding hydrogens is 465 g/mol. The number of alkyl halides is 3. The molecule has 0 aliphatic heterocycles. The van der Waals surface area contributed by atoms with Gasteiger partial charge in [-0.05, 0) is 85.1 Å². The van der Waals surface area contributed by atoms with Crippen molar-refractivity contribution in [1.82, 2.24) is 0 Å². The van der Waals surface area contributed by atoms with Gasteiger partial charge in [-0.2, -0.15) is 13.2 Å². The van der Waals surface area contributed by atoms with E-state index < -0.39 is 11.7 Å². The van der Waals surface area contributed by atoms with E-state index in [2.05, 4.69) is 26.8 Å². The topological polar surface area (TPSA) is 35.5 Å². The Morgan fingerprint density at radius 2 is 1.75 bits per heavy atom. The van der Waals surface area contributed by atoms with Crippen LogP contribution >= 0.6 is 0 Å². The summed E-state index contributed by atoms with van der Waals surface area (Å²) in [6, 6.07) is 8.38. The van der Waals surface area contributed by atoms with E-state index in [0.29, 0.717) is 24.1 Å². The second-order valence-corrected chi connectivity index (χ2v) is 11.5. The van der Waals surface area contributed by atoms with Crippen molar-refractivity contribution in [3.05, 3.63) is 53.1 Å². The van der Waals surface area contributed by atoms with E-state index in [0.717, 1.165) is 44.1 Å². The quantitative estimate of drug-likeness (QED) is 0.305. The molecule has 2 aromatic rings. The van der Waals surface area contributed by atoms with E-state index in [9.17, 15) is 18.0 Å². The van der Waals surface area contributed by atoms with E-state index in [1.807, 2.05) is 6.07 Å². The Morgan fingerprint density at radius 1 is 1.03 bits per heavy atom. The number of methoxy groups -OCH3 is 1. The number of halogens is 3. The fourth-order valence-corrected chi connectivity index (χ4v) is 5.80. The molecule has 0 radical (unpaired) electrons. The van der Waals surface area contributed by atoms with Crippen molar-refractivity contribution >= 4 is 16.7 Å². The third-order valence-corrected chi connectivity index (χ3v) is 8.01. The summed E-state index contributed by atoms with van der Waals surface area (Å²) in [6.45, 7) is 6.67. The van der Waals surface area contributed by atoms with Crippen LogP contribution < -0.4 is 4.74 Å². The van der Waals surface area contributed by atoms with Crippen LogP contribution in [0.3, 0.4) is 0 Å².